The highest BCUT2D eigenvalue weighted by Crippen LogP contribution is 2.47. The van der Waals surface area contributed by atoms with Gasteiger partial charge in [0.1, 0.15) is 89.6 Å². The van der Waals surface area contributed by atoms with Crippen LogP contribution in [-0.2, 0) is 0 Å². The van der Waals surface area contributed by atoms with Crippen molar-refractivity contribution in [3.63, 3.8) is 0 Å². The zero-order valence-corrected chi connectivity index (χ0v) is 28.4. The third-order valence-electron chi connectivity index (χ3n) is 10.6. The van der Waals surface area contributed by atoms with Crippen LogP contribution in [0.15, 0.2) is 101 Å². The van der Waals surface area contributed by atoms with E-state index in [1.807, 2.05) is 54.6 Å². The molecule has 0 fully saturated rings. The normalized spacial score (nSPS) is 11.8. The maximum absolute atomic E-state index is 6.73. The first-order valence-corrected chi connectivity index (χ1v) is 16.8. The molecule has 53 heavy (non-hydrogen) atoms. The van der Waals surface area contributed by atoms with Gasteiger partial charge < -0.3 is 4.42 Å². The third-order valence-corrected chi connectivity index (χ3v) is 10.6. The van der Waals surface area contributed by atoms with Crippen LogP contribution < -0.4 is 54.6 Å². The van der Waals surface area contributed by atoms with Crippen LogP contribution in [-0.4, -0.2) is 78.5 Å². The maximum Gasteiger partial charge on any atom is 0.136 e. The van der Waals surface area contributed by atoms with Crippen molar-refractivity contribution in [1.29, 1.82) is 0 Å². The van der Waals surface area contributed by atoms with E-state index in [0.29, 0.717) is 27.9 Å². The molecule has 0 aliphatic carbocycles. The molecule has 1 aromatic heterocycles. The Labute approximate surface area is 320 Å². The van der Waals surface area contributed by atoms with Gasteiger partial charge in [-0.15, -0.1) is 32.8 Å². The number of furan rings is 1. The largest absolute Gasteiger partial charge is 0.456 e. The fourth-order valence-corrected chi connectivity index (χ4v) is 7.90. The van der Waals surface area contributed by atoms with Gasteiger partial charge in [-0.3, -0.25) is 0 Å². The molecule has 11 heteroatoms. The summed E-state index contributed by atoms with van der Waals surface area (Å²) in [6.45, 7) is 0. The molecule has 220 valence electrons. The minimum atomic E-state index is 0.135. The molecule has 0 aliphatic heterocycles. The van der Waals surface area contributed by atoms with Gasteiger partial charge >= 0.3 is 0 Å². The summed E-state index contributed by atoms with van der Waals surface area (Å²) in [5.41, 5.74) is 7.38. The Balaban J connectivity index is 1.50. The average Bonchev–Trinajstić information content (AvgIpc) is 3.53. The second kappa shape index (κ2) is 12.3. The van der Waals surface area contributed by atoms with Crippen LogP contribution in [0.2, 0.25) is 0 Å². The molecule has 0 amide bonds. The SMILES string of the molecule is [B]c1c([B])c([B])c(-c2cc(-c3c4ccccc4c(-c4c([B])c([B])c([B])c([B])c4[B])c4ccccc34)c3c(c2)oc2cc4ccccc4cc23)c([B])c1[B]. The minimum absolute atomic E-state index is 0.135. The van der Waals surface area contributed by atoms with Crippen LogP contribution in [0.3, 0.4) is 0 Å². The van der Waals surface area contributed by atoms with Gasteiger partial charge in [-0.2, -0.15) is 0 Å². The van der Waals surface area contributed by atoms with Crippen molar-refractivity contribution in [3.05, 3.63) is 97.1 Å². The van der Waals surface area contributed by atoms with Crippen molar-refractivity contribution in [2.24, 2.45) is 0 Å². The predicted molar refractivity (Wildman–Crippen MR) is 236 cm³/mol. The van der Waals surface area contributed by atoms with E-state index in [1.54, 1.807) is 0 Å². The van der Waals surface area contributed by atoms with E-state index in [1.165, 1.54) is 0 Å². The smallest absolute Gasteiger partial charge is 0.136 e. The van der Waals surface area contributed by atoms with E-state index in [2.05, 4.69) is 42.5 Å². The van der Waals surface area contributed by atoms with Gasteiger partial charge in [-0.1, -0.05) is 94.6 Å². The standard InChI is InChI=1S/C42H16B10O/c43-33-28(34(44)38(48)41(51)37(33)47)19-14-25(30-24-13-17-7-1-2-8-18(17)15-26(24)53-27(30)16-19)29-20-9-3-5-11-22(20)31(23-12-6-4-10-21(23)29)32-35(45)39(49)42(52)40(50)36(32)46/h1-16H. The fraction of sp³-hybridized carbons (Fsp3) is 0. The Morgan fingerprint density at radius 3 is 1.25 bits per heavy atom. The van der Waals surface area contributed by atoms with Crippen molar-refractivity contribution in [3.8, 4) is 33.4 Å². The Bertz CT molecular complexity index is 2960. The molecule has 0 saturated heterocycles. The summed E-state index contributed by atoms with van der Waals surface area (Å²) in [5.74, 6) is 0. The van der Waals surface area contributed by atoms with E-state index in [0.717, 1.165) is 59.8 Å². The van der Waals surface area contributed by atoms with Gasteiger partial charge in [0.05, 0.1) is 0 Å². The molecule has 0 aliphatic rings. The van der Waals surface area contributed by atoms with Crippen LogP contribution in [0.4, 0.5) is 0 Å². The minimum Gasteiger partial charge on any atom is -0.456 e. The second-order valence-electron chi connectivity index (χ2n) is 13.4. The summed E-state index contributed by atoms with van der Waals surface area (Å²) >= 11 is 0. The lowest BCUT2D eigenvalue weighted by molar-refractivity contribution is 0.669. The molecule has 0 atom stereocenters. The molecule has 0 unspecified atom stereocenters. The van der Waals surface area contributed by atoms with E-state index in [-0.39, 0.29) is 54.6 Å². The molecule has 0 spiro atoms. The Hall–Kier alpha value is -5.01. The number of hydrogen-bond donors (Lipinski definition) is 0. The van der Waals surface area contributed by atoms with Gasteiger partial charge in [-0.25, -0.2) is 0 Å². The van der Waals surface area contributed by atoms with Gasteiger partial charge in [-0.05, 0) is 90.0 Å². The highest BCUT2D eigenvalue weighted by Gasteiger charge is 2.24. The molecular formula is C42H16B10O. The fourth-order valence-electron chi connectivity index (χ4n) is 7.90. The topological polar surface area (TPSA) is 13.1 Å². The first-order valence-electron chi connectivity index (χ1n) is 16.8. The molecule has 9 rings (SSSR count). The molecule has 8 aromatic carbocycles. The zero-order valence-electron chi connectivity index (χ0n) is 28.4. The third kappa shape index (κ3) is 4.85. The molecule has 9 aromatic rings. The van der Waals surface area contributed by atoms with Gasteiger partial charge in [0, 0.05) is 10.8 Å². The number of benzene rings is 8. The number of hydrogen-bond acceptors (Lipinski definition) is 1. The van der Waals surface area contributed by atoms with Crippen molar-refractivity contribution in [2.75, 3.05) is 0 Å². The molecular weight excluding hydrogens is 629 g/mol. The van der Waals surface area contributed by atoms with Crippen LogP contribution >= 0.6 is 0 Å². The summed E-state index contributed by atoms with van der Waals surface area (Å²) < 4.78 is 6.69. The quantitative estimate of drug-likeness (QED) is 0.195. The monoisotopic (exact) mass is 646 g/mol. The Morgan fingerprint density at radius 1 is 0.321 bits per heavy atom. The molecule has 0 bridgehead atoms. The van der Waals surface area contributed by atoms with Crippen molar-refractivity contribution >= 4 is 187 Å². The molecule has 0 saturated carbocycles. The molecule has 0 N–H and O–H groups in total. The van der Waals surface area contributed by atoms with E-state index >= 15 is 0 Å². The summed E-state index contributed by atoms with van der Waals surface area (Å²) in [5, 5.41) is 7.47. The molecule has 1 heterocycles. The lowest BCUT2D eigenvalue weighted by Crippen LogP contribution is -2.55. The number of rotatable bonds is 3. The van der Waals surface area contributed by atoms with E-state index < -0.39 is 0 Å². The van der Waals surface area contributed by atoms with Crippen LogP contribution in [0.25, 0.3) is 87.6 Å². The highest BCUT2D eigenvalue weighted by atomic mass is 16.3. The van der Waals surface area contributed by atoms with E-state index in [9.17, 15) is 0 Å². The van der Waals surface area contributed by atoms with Gasteiger partial charge in [0.15, 0.2) is 0 Å². The lowest BCUT2D eigenvalue weighted by Gasteiger charge is -2.25. The first-order chi connectivity index (χ1) is 25.5. The lowest BCUT2D eigenvalue weighted by atomic mass is 9.59. The molecule has 20 radical (unpaired) electrons. The predicted octanol–water partition coefficient (Wildman–Crippen LogP) is -0.0154. The average molecular weight is 645 g/mol. The number of fused-ring (bicyclic) bond motifs is 6. The van der Waals surface area contributed by atoms with Crippen molar-refractivity contribution in [2.45, 2.75) is 0 Å². The summed E-state index contributed by atoms with van der Waals surface area (Å²) in [7, 11) is 64.9. The Kier molecular flexibility index (Phi) is 7.83. The highest BCUT2D eigenvalue weighted by molar-refractivity contribution is 6.70. The van der Waals surface area contributed by atoms with Crippen LogP contribution in [0, 0.1) is 0 Å². The first kappa shape index (κ1) is 33.8. The van der Waals surface area contributed by atoms with Gasteiger partial charge in [0.25, 0.3) is 0 Å². The Morgan fingerprint density at radius 2 is 0.736 bits per heavy atom. The zero-order chi connectivity index (χ0) is 37.0. The maximum atomic E-state index is 6.73. The molecule has 1 nitrogen and oxygen atoms in total. The van der Waals surface area contributed by atoms with Crippen LogP contribution in [0.1, 0.15) is 0 Å². The summed E-state index contributed by atoms with van der Waals surface area (Å²) in [6.07, 6.45) is 0. The van der Waals surface area contributed by atoms with Crippen molar-refractivity contribution in [1.82, 2.24) is 0 Å². The summed E-state index contributed by atoms with van der Waals surface area (Å²) in [6, 6.07) is 32.4. The summed E-state index contributed by atoms with van der Waals surface area (Å²) in [4.78, 5) is 0. The van der Waals surface area contributed by atoms with Crippen molar-refractivity contribution < 1.29 is 4.42 Å². The van der Waals surface area contributed by atoms with E-state index in [4.69, 9.17) is 82.9 Å². The second-order valence-corrected chi connectivity index (χ2v) is 13.4. The van der Waals surface area contributed by atoms with Crippen LogP contribution in [0.5, 0.6) is 0 Å². The van der Waals surface area contributed by atoms with Gasteiger partial charge in [0.2, 0.25) is 0 Å².